The molecule has 2 aromatic carbocycles. The molecule has 0 unspecified atom stereocenters. The number of methoxy groups -OCH3 is 1. The molecule has 0 aliphatic rings. The van der Waals surface area contributed by atoms with Gasteiger partial charge in [-0.2, -0.15) is 5.10 Å². The number of halogens is 1. The normalized spacial score (nSPS) is 11.0. The summed E-state index contributed by atoms with van der Waals surface area (Å²) in [5.74, 6) is 1.54. The highest BCUT2D eigenvalue weighted by atomic mass is 19.1. The van der Waals surface area contributed by atoms with Gasteiger partial charge in [0, 0.05) is 0 Å². The Hall–Kier alpha value is -2.56. The second-order valence-electron chi connectivity index (χ2n) is 5.49. The summed E-state index contributed by atoms with van der Waals surface area (Å²) in [7, 11) is 1.61. The highest BCUT2D eigenvalue weighted by Gasteiger charge is 2.06. The van der Waals surface area contributed by atoms with E-state index in [1.807, 2.05) is 18.2 Å². The molecule has 0 aliphatic heterocycles. The van der Waals surface area contributed by atoms with Gasteiger partial charge in [0.25, 0.3) is 0 Å². The van der Waals surface area contributed by atoms with Crippen molar-refractivity contribution in [3.8, 4) is 11.5 Å². The fraction of sp³-hybridized carbons (Fsp3) is 0.278. The minimum Gasteiger partial charge on any atom is -0.493 e. The van der Waals surface area contributed by atoms with Crippen molar-refractivity contribution in [3.63, 3.8) is 0 Å². The summed E-state index contributed by atoms with van der Waals surface area (Å²) in [6, 6.07) is 11.6. The van der Waals surface area contributed by atoms with Crippen molar-refractivity contribution in [1.29, 1.82) is 0 Å². The van der Waals surface area contributed by atoms with Crippen molar-refractivity contribution in [1.82, 2.24) is 0 Å². The summed E-state index contributed by atoms with van der Waals surface area (Å²) < 4.78 is 23.9. The molecule has 0 atom stereocenters. The lowest BCUT2D eigenvalue weighted by Crippen LogP contribution is -2.05. The van der Waals surface area contributed by atoms with Crippen molar-refractivity contribution < 1.29 is 13.9 Å². The Kier molecular flexibility index (Phi) is 5.97. The molecule has 122 valence electrons. The molecular formula is C18H21FN2O2. The maximum absolute atomic E-state index is 12.8. The van der Waals surface area contributed by atoms with Gasteiger partial charge in [-0.15, -0.1) is 0 Å². The zero-order chi connectivity index (χ0) is 16.7. The molecule has 0 spiro atoms. The Morgan fingerprint density at radius 1 is 1.13 bits per heavy atom. The quantitative estimate of drug-likeness (QED) is 0.611. The van der Waals surface area contributed by atoms with Crippen molar-refractivity contribution in [2.75, 3.05) is 19.1 Å². The van der Waals surface area contributed by atoms with Crippen LogP contribution < -0.4 is 14.9 Å². The van der Waals surface area contributed by atoms with Crippen molar-refractivity contribution in [3.05, 3.63) is 53.8 Å². The van der Waals surface area contributed by atoms with Crippen LogP contribution in [0.25, 0.3) is 0 Å². The summed E-state index contributed by atoms with van der Waals surface area (Å²) >= 11 is 0. The molecule has 2 aromatic rings. The minimum atomic E-state index is -0.277. The molecule has 0 radical (unpaired) electrons. The largest absolute Gasteiger partial charge is 0.493 e. The summed E-state index contributed by atoms with van der Waals surface area (Å²) in [6.07, 6.45) is 1.66. The van der Waals surface area contributed by atoms with Crippen LogP contribution in [0.1, 0.15) is 19.4 Å². The lowest BCUT2D eigenvalue weighted by molar-refractivity contribution is 0.257. The van der Waals surface area contributed by atoms with E-state index in [1.165, 1.54) is 12.1 Å². The Labute approximate surface area is 135 Å². The van der Waals surface area contributed by atoms with Crippen LogP contribution in [0, 0.1) is 11.7 Å². The first kappa shape index (κ1) is 16.8. The summed E-state index contributed by atoms with van der Waals surface area (Å²) in [5.41, 5.74) is 4.43. The van der Waals surface area contributed by atoms with Crippen LogP contribution in [0.15, 0.2) is 47.6 Å². The second-order valence-corrected chi connectivity index (χ2v) is 5.49. The topological polar surface area (TPSA) is 42.8 Å². The molecule has 0 aliphatic carbocycles. The molecule has 23 heavy (non-hydrogen) atoms. The summed E-state index contributed by atoms with van der Waals surface area (Å²) in [5, 5.41) is 4.13. The number of hydrogen-bond acceptors (Lipinski definition) is 4. The predicted molar refractivity (Wildman–Crippen MR) is 90.9 cm³/mol. The average Bonchev–Trinajstić information content (AvgIpc) is 2.55. The first-order valence-electron chi connectivity index (χ1n) is 7.44. The highest BCUT2D eigenvalue weighted by molar-refractivity contribution is 5.81. The maximum Gasteiger partial charge on any atom is 0.161 e. The van der Waals surface area contributed by atoms with Crippen LogP contribution in [0.2, 0.25) is 0 Å². The van der Waals surface area contributed by atoms with Crippen molar-refractivity contribution in [2.45, 2.75) is 13.8 Å². The number of nitrogens with zero attached hydrogens (tertiary/aromatic N) is 1. The molecule has 5 heteroatoms. The predicted octanol–water partition coefficient (Wildman–Crippen LogP) is 4.32. The molecule has 0 heterocycles. The molecule has 0 fully saturated rings. The van der Waals surface area contributed by atoms with Crippen LogP contribution in [-0.4, -0.2) is 19.9 Å². The number of hydrazone groups is 1. The summed E-state index contributed by atoms with van der Waals surface area (Å²) in [6.45, 7) is 4.82. The lowest BCUT2D eigenvalue weighted by Gasteiger charge is -2.12. The molecule has 0 aromatic heterocycles. The van der Waals surface area contributed by atoms with Crippen molar-refractivity contribution in [2.24, 2.45) is 11.0 Å². The Morgan fingerprint density at radius 3 is 2.52 bits per heavy atom. The van der Waals surface area contributed by atoms with E-state index in [-0.39, 0.29) is 5.82 Å². The Morgan fingerprint density at radius 2 is 1.87 bits per heavy atom. The molecule has 0 saturated heterocycles. The maximum atomic E-state index is 12.8. The van der Waals surface area contributed by atoms with E-state index >= 15 is 0 Å². The van der Waals surface area contributed by atoms with Crippen LogP contribution in [0.4, 0.5) is 10.1 Å². The Bertz CT molecular complexity index is 655. The van der Waals surface area contributed by atoms with Gasteiger partial charge < -0.3 is 9.47 Å². The first-order chi connectivity index (χ1) is 11.1. The average molecular weight is 316 g/mol. The highest BCUT2D eigenvalue weighted by Crippen LogP contribution is 2.28. The van der Waals surface area contributed by atoms with Gasteiger partial charge >= 0.3 is 0 Å². The van der Waals surface area contributed by atoms with Gasteiger partial charge in [0.2, 0.25) is 0 Å². The van der Waals surface area contributed by atoms with Gasteiger partial charge in [0.1, 0.15) is 5.82 Å². The van der Waals surface area contributed by atoms with Gasteiger partial charge in [-0.25, -0.2) is 4.39 Å². The first-order valence-corrected chi connectivity index (χ1v) is 7.44. The van der Waals surface area contributed by atoms with Crippen LogP contribution in [-0.2, 0) is 0 Å². The van der Waals surface area contributed by atoms with Gasteiger partial charge in [-0.3, -0.25) is 5.43 Å². The third-order valence-corrected chi connectivity index (χ3v) is 3.01. The molecule has 1 N–H and O–H groups in total. The molecule has 0 saturated carbocycles. The smallest absolute Gasteiger partial charge is 0.161 e. The van der Waals surface area contributed by atoms with Gasteiger partial charge in [-0.05, 0) is 53.9 Å². The zero-order valence-electron chi connectivity index (χ0n) is 13.5. The van der Waals surface area contributed by atoms with E-state index in [9.17, 15) is 4.39 Å². The lowest BCUT2D eigenvalue weighted by atomic mass is 10.2. The van der Waals surface area contributed by atoms with E-state index < -0.39 is 0 Å². The van der Waals surface area contributed by atoms with Gasteiger partial charge in [0.15, 0.2) is 11.5 Å². The van der Waals surface area contributed by atoms with Gasteiger partial charge in [-0.1, -0.05) is 13.8 Å². The van der Waals surface area contributed by atoms with E-state index in [1.54, 1.807) is 25.5 Å². The number of benzene rings is 2. The summed E-state index contributed by atoms with van der Waals surface area (Å²) in [4.78, 5) is 0. The van der Waals surface area contributed by atoms with Crippen LogP contribution >= 0.6 is 0 Å². The minimum absolute atomic E-state index is 0.277. The molecule has 0 bridgehead atoms. The molecule has 2 rings (SSSR count). The zero-order valence-corrected chi connectivity index (χ0v) is 13.5. The standard InChI is InChI=1S/C18H21FN2O2/c1-13(2)12-23-17-9-4-14(10-18(17)22-3)11-20-21-16-7-5-15(19)6-8-16/h4-11,13,21H,12H2,1-3H3. The van der Waals surface area contributed by atoms with Crippen LogP contribution in [0.3, 0.4) is 0 Å². The number of anilines is 1. The number of hydrogen-bond donors (Lipinski definition) is 1. The number of nitrogens with one attached hydrogen (secondary N) is 1. The number of ether oxygens (including phenoxy) is 2. The van der Waals surface area contributed by atoms with Gasteiger partial charge in [0.05, 0.1) is 25.6 Å². The second kappa shape index (κ2) is 8.17. The van der Waals surface area contributed by atoms with E-state index in [0.29, 0.717) is 29.7 Å². The van der Waals surface area contributed by atoms with Crippen LogP contribution in [0.5, 0.6) is 11.5 Å². The molecular weight excluding hydrogens is 295 g/mol. The monoisotopic (exact) mass is 316 g/mol. The molecule has 0 amide bonds. The fourth-order valence-electron chi connectivity index (χ4n) is 1.85. The Balaban J connectivity index is 2.02. The third kappa shape index (κ3) is 5.29. The SMILES string of the molecule is COc1cc(C=NNc2ccc(F)cc2)ccc1OCC(C)C. The van der Waals surface area contributed by atoms with Crippen molar-refractivity contribution >= 4 is 11.9 Å². The fourth-order valence-corrected chi connectivity index (χ4v) is 1.85. The third-order valence-electron chi connectivity index (χ3n) is 3.01. The van der Waals surface area contributed by atoms with E-state index in [0.717, 1.165) is 5.56 Å². The van der Waals surface area contributed by atoms with E-state index in [2.05, 4.69) is 24.4 Å². The van der Waals surface area contributed by atoms with E-state index in [4.69, 9.17) is 9.47 Å². The molecule has 4 nitrogen and oxygen atoms in total. The number of rotatable bonds is 7.